The van der Waals surface area contributed by atoms with Gasteiger partial charge in [-0.2, -0.15) is 10.2 Å². The minimum atomic E-state index is -1.00. The van der Waals surface area contributed by atoms with Crippen LogP contribution in [0.3, 0.4) is 0 Å². The number of aromatic nitrogens is 4. The molecular formula is C13H17N5O3. The first-order valence-electron chi connectivity index (χ1n) is 6.59. The topological polar surface area (TPSA) is 102 Å². The number of carboxylic acids is 1. The van der Waals surface area contributed by atoms with Crippen LogP contribution in [-0.4, -0.2) is 36.5 Å². The predicted octanol–water partition coefficient (Wildman–Crippen LogP) is 0.675. The monoisotopic (exact) mass is 291 g/mol. The van der Waals surface area contributed by atoms with Gasteiger partial charge in [0.05, 0.1) is 12.2 Å². The highest BCUT2D eigenvalue weighted by Crippen LogP contribution is 2.06. The maximum absolute atomic E-state index is 11.9. The fourth-order valence-electron chi connectivity index (χ4n) is 1.72. The van der Waals surface area contributed by atoms with Crippen LogP contribution in [0.25, 0.3) is 0 Å². The Morgan fingerprint density at radius 1 is 1.33 bits per heavy atom. The molecule has 2 heterocycles. The molecule has 8 nitrogen and oxygen atoms in total. The fourth-order valence-corrected chi connectivity index (χ4v) is 1.72. The van der Waals surface area contributed by atoms with Crippen LogP contribution in [0, 0.1) is 0 Å². The van der Waals surface area contributed by atoms with Gasteiger partial charge in [0, 0.05) is 18.9 Å². The molecule has 1 atom stereocenters. The number of hydrogen-bond donors (Lipinski definition) is 2. The summed E-state index contributed by atoms with van der Waals surface area (Å²) in [6.45, 7) is 4.54. The molecule has 0 radical (unpaired) electrons. The van der Waals surface area contributed by atoms with Gasteiger partial charge in [-0.1, -0.05) is 0 Å². The van der Waals surface area contributed by atoms with E-state index < -0.39 is 12.0 Å². The number of carboxylic acid groups (broad SMARTS) is 1. The van der Waals surface area contributed by atoms with Crippen LogP contribution in [0.15, 0.2) is 24.5 Å². The molecule has 0 aliphatic heterocycles. The smallest absolute Gasteiger partial charge is 0.328 e. The molecule has 1 amide bonds. The first kappa shape index (κ1) is 14.8. The molecular weight excluding hydrogens is 274 g/mol. The molecule has 0 fully saturated rings. The lowest BCUT2D eigenvalue weighted by Crippen LogP contribution is -2.24. The molecule has 0 saturated carbocycles. The summed E-state index contributed by atoms with van der Waals surface area (Å²) in [6, 6.07) is 2.50. The van der Waals surface area contributed by atoms with E-state index in [1.165, 1.54) is 23.9 Å². The summed E-state index contributed by atoms with van der Waals surface area (Å²) in [5.74, 6) is -1.37. The van der Waals surface area contributed by atoms with Crippen LogP contribution < -0.4 is 5.32 Å². The molecule has 0 bridgehead atoms. The van der Waals surface area contributed by atoms with E-state index in [2.05, 4.69) is 15.5 Å². The summed E-state index contributed by atoms with van der Waals surface area (Å²) in [5.41, 5.74) is 0.932. The second kappa shape index (κ2) is 6.21. The Labute approximate surface area is 121 Å². The summed E-state index contributed by atoms with van der Waals surface area (Å²) in [4.78, 5) is 22.8. The number of amides is 1. The number of nitrogens with one attached hydrogen (secondary N) is 1. The number of nitrogens with zero attached hydrogens (tertiary/aromatic N) is 4. The first-order valence-corrected chi connectivity index (χ1v) is 6.59. The van der Waals surface area contributed by atoms with Crippen molar-refractivity contribution >= 4 is 11.9 Å². The first-order chi connectivity index (χ1) is 10.0. The molecule has 2 aromatic heterocycles. The standard InChI is InChI=1S/C13H17N5O3/c1-3-17-6-4-10(15-17)8-14-12(19)11-5-7-18(16-11)9(2)13(20)21/h4-7,9H,3,8H2,1-2H3,(H,14,19)(H,20,21). The summed E-state index contributed by atoms with van der Waals surface area (Å²) in [7, 11) is 0. The minimum Gasteiger partial charge on any atom is -0.480 e. The lowest BCUT2D eigenvalue weighted by atomic mass is 10.3. The quantitative estimate of drug-likeness (QED) is 0.814. The van der Waals surface area contributed by atoms with E-state index in [0.29, 0.717) is 6.54 Å². The van der Waals surface area contributed by atoms with Gasteiger partial charge in [0.1, 0.15) is 11.7 Å². The second-order valence-corrected chi connectivity index (χ2v) is 4.54. The van der Waals surface area contributed by atoms with Crippen molar-refractivity contribution in [1.82, 2.24) is 24.9 Å². The van der Waals surface area contributed by atoms with E-state index in [4.69, 9.17) is 5.11 Å². The van der Waals surface area contributed by atoms with Crippen LogP contribution in [0.2, 0.25) is 0 Å². The molecule has 2 rings (SSSR count). The van der Waals surface area contributed by atoms with Crippen LogP contribution >= 0.6 is 0 Å². The van der Waals surface area contributed by atoms with Gasteiger partial charge >= 0.3 is 5.97 Å². The highest BCUT2D eigenvalue weighted by molar-refractivity contribution is 5.92. The molecule has 2 aromatic rings. The van der Waals surface area contributed by atoms with Gasteiger partial charge in [-0.15, -0.1) is 0 Å². The van der Waals surface area contributed by atoms with Crippen molar-refractivity contribution in [1.29, 1.82) is 0 Å². The Morgan fingerprint density at radius 2 is 2.10 bits per heavy atom. The Morgan fingerprint density at radius 3 is 2.71 bits per heavy atom. The molecule has 0 spiro atoms. The zero-order chi connectivity index (χ0) is 15.4. The minimum absolute atomic E-state index is 0.179. The third-order valence-electron chi connectivity index (χ3n) is 3.05. The van der Waals surface area contributed by atoms with Gasteiger partial charge in [-0.3, -0.25) is 14.2 Å². The summed E-state index contributed by atoms with van der Waals surface area (Å²) < 4.78 is 3.01. The molecule has 2 N–H and O–H groups in total. The van der Waals surface area contributed by atoms with Gasteiger partial charge in [0.15, 0.2) is 0 Å². The second-order valence-electron chi connectivity index (χ2n) is 4.54. The van der Waals surface area contributed by atoms with Crippen LogP contribution in [-0.2, 0) is 17.9 Å². The molecule has 8 heteroatoms. The molecule has 21 heavy (non-hydrogen) atoms. The molecule has 1 unspecified atom stereocenters. The largest absolute Gasteiger partial charge is 0.480 e. The van der Waals surface area contributed by atoms with E-state index in [-0.39, 0.29) is 11.6 Å². The highest BCUT2D eigenvalue weighted by atomic mass is 16.4. The van der Waals surface area contributed by atoms with E-state index >= 15 is 0 Å². The molecule has 0 aromatic carbocycles. The van der Waals surface area contributed by atoms with Crippen molar-refractivity contribution in [3.05, 3.63) is 35.9 Å². The van der Waals surface area contributed by atoms with Crippen molar-refractivity contribution in [2.75, 3.05) is 0 Å². The average molecular weight is 291 g/mol. The maximum atomic E-state index is 11.9. The van der Waals surface area contributed by atoms with E-state index in [9.17, 15) is 9.59 Å². The molecule has 0 saturated heterocycles. The third kappa shape index (κ3) is 3.47. The van der Waals surface area contributed by atoms with Crippen molar-refractivity contribution in [3.8, 4) is 0 Å². The van der Waals surface area contributed by atoms with E-state index in [1.807, 2.05) is 19.2 Å². The van der Waals surface area contributed by atoms with Crippen molar-refractivity contribution in [2.24, 2.45) is 0 Å². The zero-order valence-corrected chi connectivity index (χ0v) is 11.9. The lowest BCUT2D eigenvalue weighted by molar-refractivity contribution is -0.140. The number of rotatable bonds is 6. The van der Waals surface area contributed by atoms with Crippen LogP contribution in [0.4, 0.5) is 0 Å². The molecule has 112 valence electrons. The predicted molar refractivity (Wildman–Crippen MR) is 73.6 cm³/mol. The van der Waals surface area contributed by atoms with Crippen LogP contribution in [0.1, 0.15) is 36.1 Å². The third-order valence-corrected chi connectivity index (χ3v) is 3.05. The van der Waals surface area contributed by atoms with E-state index in [1.54, 1.807) is 4.68 Å². The van der Waals surface area contributed by atoms with Gasteiger partial charge in [-0.25, -0.2) is 4.79 Å². The zero-order valence-electron chi connectivity index (χ0n) is 11.9. The van der Waals surface area contributed by atoms with Gasteiger partial charge in [0.25, 0.3) is 5.91 Å². The summed E-state index contributed by atoms with van der Waals surface area (Å²) in [5, 5.41) is 19.8. The average Bonchev–Trinajstić information content (AvgIpc) is 3.12. The summed E-state index contributed by atoms with van der Waals surface area (Å²) in [6.07, 6.45) is 3.31. The fraction of sp³-hybridized carbons (Fsp3) is 0.385. The maximum Gasteiger partial charge on any atom is 0.328 e. The molecule has 0 aliphatic rings. The molecule has 0 aliphatic carbocycles. The number of carbonyl (C=O) groups is 2. The Balaban J connectivity index is 1.96. The van der Waals surface area contributed by atoms with Gasteiger partial charge < -0.3 is 10.4 Å². The number of aliphatic carboxylic acids is 1. The Bertz CT molecular complexity index is 646. The summed E-state index contributed by atoms with van der Waals surface area (Å²) >= 11 is 0. The van der Waals surface area contributed by atoms with Gasteiger partial charge in [-0.05, 0) is 26.0 Å². The van der Waals surface area contributed by atoms with Crippen molar-refractivity contribution < 1.29 is 14.7 Å². The van der Waals surface area contributed by atoms with Crippen LogP contribution in [0.5, 0.6) is 0 Å². The van der Waals surface area contributed by atoms with Gasteiger partial charge in [0.2, 0.25) is 0 Å². The highest BCUT2D eigenvalue weighted by Gasteiger charge is 2.16. The lowest BCUT2D eigenvalue weighted by Gasteiger charge is -2.05. The SMILES string of the molecule is CCn1ccc(CNC(=O)c2ccn(C(C)C(=O)O)n2)n1. The normalized spacial score (nSPS) is 12.1. The van der Waals surface area contributed by atoms with Crippen molar-refractivity contribution in [3.63, 3.8) is 0 Å². The number of aryl methyl sites for hydroxylation is 1. The van der Waals surface area contributed by atoms with E-state index in [0.717, 1.165) is 12.2 Å². The Hall–Kier alpha value is -2.64. The number of hydrogen-bond acceptors (Lipinski definition) is 4. The Kier molecular flexibility index (Phi) is 4.36. The number of carbonyl (C=O) groups excluding carboxylic acids is 1. The van der Waals surface area contributed by atoms with Crippen molar-refractivity contribution in [2.45, 2.75) is 33.0 Å².